The molecular weight excluding hydrogens is 875 g/mol. The quantitative estimate of drug-likeness (QED) is 0.0487. The summed E-state index contributed by atoms with van der Waals surface area (Å²) in [5.41, 5.74) is 18.2. The maximum atomic E-state index is 14.8. The van der Waals surface area contributed by atoms with Crippen molar-refractivity contribution in [3.05, 3.63) is 65.2 Å². The van der Waals surface area contributed by atoms with Gasteiger partial charge in [-0.2, -0.15) is 0 Å². The summed E-state index contributed by atoms with van der Waals surface area (Å²) in [5, 5.41) is 23.8. The fraction of sp³-hybridized carbons (Fsp3) is 0.562. The van der Waals surface area contributed by atoms with E-state index in [-0.39, 0.29) is 44.1 Å². The Kier molecular flexibility index (Phi) is 18.1. The van der Waals surface area contributed by atoms with Crippen LogP contribution in [0.4, 0.5) is 5.69 Å². The van der Waals surface area contributed by atoms with E-state index in [2.05, 4.69) is 31.6 Å². The summed E-state index contributed by atoms with van der Waals surface area (Å²) in [6, 6.07) is 5.49. The Morgan fingerprint density at radius 1 is 0.824 bits per heavy atom. The number of guanidine groups is 1. The van der Waals surface area contributed by atoms with Gasteiger partial charge in [-0.15, -0.1) is 0 Å². The molecule has 370 valence electrons. The monoisotopic (exact) mass is 944 g/mol. The first kappa shape index (κ1) is 52.4. The number of aliphatic imine (C=N–C) groups is 1. The number of primary amides is 1. The Morgan fingerprint density at radius 3 is 2.10 bits per heavy atom. The number of likely N-dealkylation sites (N-methyl/N-ethyl adjacent to an activating group) is 1. The summed E-state index contributed by atoms with van der Waals surface area (Å²) in [4.78, 5) is 117. The first-order valence-electron chi connectivity index (χ1n) is 23.4. The number of hydrogen-bond donors (Lipinski definition) is 9. The van der Waals surface area contributed by atoms with Gasteiger partial charge in [0.1, 0.15) is 42.3 Å². The zero-order valence-electron chi connectivity index (χ0n) is 39.7. The van der Waals surface area contributed by atoms with Crippen LogP contribution >= 0.6 is 0 Å². The number of aliphatic hydroxyl groups is 1. The molecule has 0 aromatic heterocycles. The molecule has 5 rings (SSSR count). The molecule has 1 aliphatic carbocycles. The Balaban J connectivity index is 1.40. The highest BCUT2D eigenvalue weighted by Gasteiger charge is 2.46. The van der Waals surface area contributed by atoms with E-state index in [0.717, 1.165) is 37.7 Å². The van der Waals surface area contributed by atoms with Crippen molar-refractivity contribution < 1.29 is 43.5 Å². The summed E-state index contributed by atoms with van der Waals surface area (Å²) < 4.78 is 0. The highest BCUT2D eigenvalue weighted by atomic mass is 16.3. The van der Waals surface area contributed by atoms with Crippen LogP contribution in [-0.4, -0.2) is 120 Å². The van der Waals surface area contributed by atoms with Gasteiger partial charge in [0.05, 0.1) is 12.3 Å². The van der Waals surface area contributed by atoms with Crippen LogP contribution in [0.15, 0.2) is 53.5 Å². The van der Waals surface area contributed by atoms with E-state index in [0.29, 0.717) is 29.7 Å². The van der Waals surface area contributed by atoms with Crippen LogP contribution in [0.2, 0.25) is 0 Å². The topological polar surface area (TPSA) is 314 Å². The van der Waals surface area contributed by atoms with Crippen LogP contribution in [0, 0.1) is 11.3 Å². The third kappa shape index (κ3) is 13.3. The third-order valence-corrected chi connectivity index (χ3v) is 12.9. The van der Waals surface area contributed by atoms with Crippen molar-refractivity contribution in [3.8, 4) is 0 Å². The molecule has 1 fully saturated rings. The van der Waals surface area contributed by atoms with Gasteiger partial charge in [-0.1, -0.05) is 101 Å². The minimum atomic E-state index is -1.50. The molecule has 2 unspecified atom stereocenters. The third-order valence-electron chi connectivity index (χ3n) is 12.9. The second-order valence-corrected chi connectivity index (χ2v) is 19.2. The molecule has 2 aromatic carbocycles. The number of aryl methyl sites for hydroxylation is 1. The van der Waals surface area contributed by atoms with Crippen LogP contribution in [-0.2, 0) is 51.2 Å². The molecule has 1 saturated carbocycles. The second-order valence-electron chi connectivity index (χ2n) is 19.2. The number of para-hydroxylation sites is 1. The van der Waals surface area contributed by atoms with Crippen molar-refractivity contribution in [1.82, 2.24) is 31.5 Å². The van der Waals surface area contributed by atoms with Crippen molar-refractivity contribution in [1.29, 1.82) is 0 Å². The van der Waals surface area contributed by atoms with Crippen LogP contribution in [0.25, 0.3) is 0 Å². The summed E-state index contributed by atoms with van der Waals surface area (Å²) in [5.74, 6) is -5.22. The molecule has 8 amide bonds. The number of hydrogen-bond acceptors (Lipinski definition) is 10. The van der Waals surface area contributed by atoms with E-state index in [1.807, 2.05) is 12.1 Å². The molecule has 0 radical (unpaired) electrons. The molecule has 7 atom stereocenters. The van der Waals surface area contributed by atoms with Crippen LogP contribution < -0.4 is 48.7 Å². The Morgan fingerprint density at radius 2 is 1.49 bits per heavy atom. The summed E-state index contributed by atoms with van der Waals surface area (Å²) >= 11 is 0. The van der Waals surface area contributed by atoms with Crippen LogP contribution in [0.5, 0.6) is 0 Å². The first-order chi connectivity index (χ1) is 32.2. The molecule has 20 heteroatoms. The van der Waals surface area contributed by atoms with Gasteiger partial charge in [0, 0.05) is 26.9 Å². The fourth-order valence-corrected chi connectivity index (χ4v) is 9.47. The second kappa shape index (κ2) is 23.4. The van der Waals surface area contributed by atoms with Gasteiger partial charge in [-0.3, -0.25) is 48.2 Å². The average Bonchev–Trinajstić information content (AvgIpc) is 3.63. The van der Waals surface area contributed by atoms with Crippen molar-refractivity contribution in [2.24, 2.45) is 33.5 Å². The van der Waals surface area contributed by atoms with Crippen molar-refractivity contribution >= 4 is 58.9 Å². The fourth-order valence-electron chi connectivity index (χ4n) is 9.47. The summed E-state index contributed by atoms with van der Waals surface area (Å²) in [6.07, 6.45) is 6.27. The molecule has 0 saturated heterocycles. The minimum absolute atomic E-state index is 0.0662. The minimum Gasteiger partial charge on any atom is -0.394 e. The number of carbonyl (C=O) groups is 8. The summed E-state index contributed by atoms with van der Waals surface area (Å²) in [6.45, 7) is 5.74. The van der Waals surface area contributed by atoms with Gasteiger partial charge in [0.2, 0.25) is 47.3 Å². The van der Waals surface area contributed by atoms with Gasteiger partial charge in [-0.05, 0) is 60.1 Å². The van der Waals surface area contributed by atoms with E-state index in [1.54, 1.807) is 57.2 Å². The van der Waals surface area contributed by atoms with E-state index in [9.17, 15) is 43.5 Å². The number of amides is 8. The number of carbonyl (C=O) groups excluding carboxylic acids is 8. The molecule has 12 N–H and O–H groups in total. The van der Waals surface area contributed by atoms with Gasteiger partial charge >= 0.3 is 0 Å². The first-order valence-corrected chi connectivity index (χ1v) is 23.4. The number of rotatable bonds is 20. The van der Waals surface area contributed by atoms with Gasteiger partial charge in [0.25, 0.3) is 0 Å². The average molecular weight is 944 g/mol. The number of anilines is 1. The van der Waals surface area contributed by atoms with Crippen LogP contribution in [0.3, 0.4) is 0 Å². The lowest BCUT2D eigenvalue weighted by molar-refractivity contribution is -0.143. The van der Waals surface area contributed by atoms with Gasteiger partial charge in [-0.25, -0.2) is 0 Å². The lowest BCUT2D eigenvalue weighted by Crippen LogP contribution is -2.61. The largest absolute Gasteiger partial charge is 0.394 e. The Hall–Kier alpha value is -6.57. The van der Waals surface area contributed by atoms with E-state index in [4.69, 9.17) is 17.2 Å². The molecule has 0 bridgehead atoms. The molecular formula is C48H69N11O9. The van der Waals surface area contributed by atoms with Crippen LogP contribution in [0.1, 0.15) is 108 Å². The zero-order valence-corrected chi connectivity index (χ0v) is 39.7. The van der Waals surface area contributed by atoms with E-state index < -0.39 is 102 Å². The number of benzene rings is 2. The molecule has 3 aliphatic rings. The lowest BCUT2D eigenvalue weighted by Gasteiger charge is -2.34. The molecule has 2 aliphatic heterocycles. The standard InChI is InChI=1S/C48H69N11O9/c1-27(61)53-34(24-28-14-8-6-9-15-28)41(63)54-32(20-13-23-52-47(50)51)45(67)58(5)38(29-16-10-7-11-17-29)44(66)55-33-22-21-30-18-12-19-31-25-36(59(37(30)31)46(33)68)43(65)56-35(26-60)42(64)57-39(40(49)62)48(2,3)4/h7,10-12,16-19,28,32-36,38-39,60H,6,8-9,13-15,20-26H2,1-5H3,(H2,49,62)(H,53,61)(H,54,63)(H,55,66)(H,56,65)(H,57,64)(H4,50,51,52)/t32-,33?,34-,35-,36?,38-,39+/m0/s1. The van der Waals surface area contributed by atoms with Gasteiger partial charge < -0.3 is 53.8 Å². The van der Waals surface area contributed by atoms with Crippen molar-refractivity contribution in [2.45, 2.75) is 141 Å². The lowest BCUT2D eigenvalue weighted by atomic mass is 9.84. The number of aliphatic hydroxyl groups excluding tert-OH is 1. The maximum absolute atomic E-state index is 14.8. The molecule has 0 spiro atoms. The van der Waals surface area contributed by atoms with E-state index in [1.165, 1.54) is 23.8 Å². The molecule has 68 heavy (non-hydrogen) atoms. The zero-order chi connectivity index (χ0) is 49.9. The highest BCUT2D eigenvalue weighted by Crippen LogP contribution is 2.39. The highest BCUT2D eigenvalue weighted by molar-refractivity contribution is 6.09. The SMILES string of the molecule is CC(=O)N[C@@H](CC1CCCCC1)C(=O)N[C@@H](CCCN=C(N)N)C(=O)N(C)[C@H](C(=O)NC1CCc2cccc3c2N(C1=O)C(C(=O)N[C@@H](CO)C(=O)N[C@H](C(N)=O)C(C)(C)C)C3)c1ccccc1. The summed E-state index contributed by atoms with van der Waals surface area (Å²) in [7, 11) is 1.43. The Labute approximate surface area is 397 Å². The number of nitrogens with zero attached hydrogens (tertiary/aromatic N) is 3. The Bertz CT molecular complexity index is 2200. The van der Waals surface area contributed by atoms with Gasteiger partial charge in [0.15, 0.2) is 5.96 Å². The normalized spacial score (nSPS) is 19.1. The van der Waals surface area contributed by atoms with E-state index >= 15 is 0 Å². The van der Waals surface area contributed by atoms with Crippen molar-refractivity contribution in [3.63, 3.8) is 0 Å². The number of nitrogens with one attached hydrogen (secondary N) is 5. The predicted octanol–water partition coefficient (Wildman–Crippen LogP) is 0.0818. The number of nitrogens with two attached hydrogens (primary N) is 3. The van der Waals surface area contributed by atoms with Crippen molar-refractivity contribution in [2.75, 3.05) is 25.1 Å². The molecule has 2 aromatic rings. The maximum Gasteiger partial charge on any atom is 0.250 e. The predicted molar refractivity (Wildman–Crippen MR) is 254 cm³/mol. The smallest absolute Gasteiger partial charge is 0.250 e. The molecule has 2 heterocycles. The molecule has 20 nitrogen and oxygen atoms in total.